The van der Waals surface area contributed by atoms with Crippen molar-refractivity contribution in [2.24, 2.45) is 0 Å². The fraction of sp³-hybridized carbons (Fsp3) is 0.312. The molecule has 23 heavy (non-hydrogen) atoms. The normalized spacial score (nSPS) is 10.4. The molecule has 1 aromatic carbocycles. The number of aromatic nitrogens is 1. The fourth-order valence-electron chi connectivity index (χ4n) is 1.86. The highest BCUT2D eigenvalue weighted by Crippen LogP contribution is 2.23. The van der Waals surface area contributed by atoms with Crippen LogP contribution in [0.4, 0.5) is 5.13 Å². The number of rotatable bonds is 6. The molecular weight excluding hydrogens is 334 g/mol. The third kappa shape index (κ3) is 5.33. The second-order valence-corrected chi connectivity index (χ2v) is 6.59. The molecule has 0 unspecified atom stereocenters. The second kappa shape index (κ2) is 8.08. The summed E-state index contributed by atoms with van der Waals surface area (Å²) in [5.74, 6) is -0.442. The largest absolute Gasteiger partial charge is 0.347 e. The molecular formula is C16H18ClN3O2S. The molecule has 5 nitrogen and oxygen atoms in total. The van der Waals surface area contributed by atoms with Gasteiger partial charge in [-0.25, -0.2) is 4.98 Å². The number of anilines is 1. The number of hydrogen-bond donors (Lipinski definition) is 2. The van der Waals surface area contributed by atoms with Crippen molar-refractivity contribution in [2.75, 3.05) is 11.9 Å². The van der Waals surface area contributed by atoms with Crippen molar-refractivity contribution in [3.05, 3.63) is 45.4 Å². The van der Waals surface area contributed by atoms with Gasteiger partial charge < -0.3 is 10.6 Å². The summed E-state index contributed by atoms with van der Waals surface area (Å²) in [5.41, 5.74) is 2.14. The average Bonchev–Trinajstić information content (AvgIpc) is 2.95. The van der Waals surface area contributed by atoms with Crippen LogP contribution in [-0.4, -0.2) is 23.3 Å². The zero-order valence-corrected chi connectivity index (χ0v) is 14.6. The van der Waals surface area contributed by atoms with Gasteiger partial charge in [-0.15, -0.1) is 11.3 Å². The summed E-state index contributed by atoms with van der Waals surface area (Å²) in [6.07, 6.45) is 2.80. The number of nitrogens with zero attached hydrogens (tertiary/aromatic N) is 1. The minimum Gasteiger partial charge on any atom is -0.347 e. The molecule has 122 valence electrons. The van der Waals surface area contributed by atoms with Crippen molar-refractivity contribution in [1.29, 1.82) is 0 Å². The molecule has 2 rings (SSSR count). The molecule has 0 saturated carbocycles. The van der Waals surface area contributed by atoms with E-state index < -0.39 is 0 Å². The molecule has 7 heteroatoms. The van der Waals surface area contributed by atoms with Crippen molar-refractivity contribution in [2.45, 2.75) is 26.7 Å². The molecule has 0 fully saturated rings. The van der Waals surface area contributed by atoms with Crippen LogP contribution >= 0.6 is 22.9 Å². The smallest absolute Gasteiger partial charge is 0.245 e. The first-order chi connectivity index (χ1) is 11.0. The number of carbonyl (C=O) groups excluding carboxylic acids is 2. The van der Waals surface area contributed by atoms with Gasteiger partial charge in [-0.2, -0.15) is 0 Å². The quantitative estimate of drug-likeness (QED) is 0.839. The summed E-state index contributed by atoms with van der Waals surface area (Å²) >= 11 is 7.53. The van der Waals surface area contributed by atoms with Gasteiger partial charge in [0.25, 0.3) is 0 Å². The van der Waals surface area contributed by atoms with Gasteiger partial charge in [0.15, 0.2) is 5.13 Å². The number of amides is 2. The van der Waals surface area contributed by atoms with E-state index in [9.17, 15) is 9.59 Å². The Bertz CT molecular complexity index is 715. The van der Waals surface area contributed by atoms with Crippen molar-refractivity contribution in [3.8, 4) is 0 Å². The van der Waals surface area contributed by atoms with Gasteiger partial charge in [0, 0.05) is 28.9 Å². The summed E-state index contributed by atoms with van der Waals surface area (Å²) < 4.78 is 0. The number of carbonyl (C=O) groups is 2. The molecule has 2 aromatic rings. The third-order valence-electron chi connectivity index (χ3n) is 3.18. The Morgan fingerprint density at radius 3 is 2.78 bits per heavy atom. The summed E-state index contributed by atoms with van der Waals surface area (Å²) in [5, 5.41) is 6.46. The van der Waals surface area contributed by atoms with Crippen molar-refractivity contribution < 1.29 is 9.59 Å². The van der Waals surface area contributed by atoms with Crippen LogP contribution in [0.2, 0.25) is 5.02 Å². The summed E-state index contributed by atoms with van der Waals surface area (Å²) in [6.45, 7) is 3.65. The molecule has 0 spiro atoms. The van der Waals surface area contributed by atoms with Gasteiger partial charge in [0.1, 0.15) is 0 Å². The number of benzene rings is 1. The van der Waals surface area contributed by atoms with Crippen molar-refractivity contribution in [1.82, 2.24) is 10.3 Å². The Balaban J connectivity index is 1.91. The first kappa shape index (κ1) is 17.4. The van der Waals surface area contributed by atoms with E-state index in [1.807, 2.05) is 25.1 Å². The molecule has 0 aliphatic carbocycles. The lowest BCUT2D eigenvalue weighted by molar-refractivity contribution is -0.123. The maximum atomic E-state index is 11.7. The zero-order valence-electron chi connectivity index (χ0n) is 13.0. The van der Waals surface area contributed by atoms with Crippen LogP contribution < -0.4 is 10.6 Å². The Morgan fingerprint density at radius 1 is 1.30 bits per heavy atom. The van der Waals surface area contributed by atoms with Crippen LogP contribution in [0, 0.1) is 6.92 Å². The monoisotopic (exact) mass is 351 g/mol. The highest BCUT2D eigenvalue weighted by Gasteiger charge is 2.09. The van der Waals surface area contributed by atoms with E-state index in [1.165, 1.54) is 11.3 Å². The van der Waals surface area contributed by atoms with E-state index in [2.05, 4.69) is 15.6 Å². The Hall–Kier alpha value is -1.92. The van der Waals surface area contributed by atoms with E-state index in [0.29, 0.717) is 18.0 Å². The Labute approximate surface area is 144 Å². The van der Waals surface area contributed by atoms with E-state index in [0.717, 1.165) is 21.0 Å². The van der Waals surface area contributed by atoms with Gasteiger partial charge in [-0.3, -0.25) is 9.59 Å². The van der Waals surface area contributed by atoms with Gasteiger partial charge in [0.2, 0.25) is 11.8 Å². The molecule has 0 bridgehead atoms. The van der Waals surface area contributed by atoms with Gasteiger partial charge in [-0.1, -0.05) is 30.7 Å². The molecule has 2 N–H and O–H groups in total. The van der Waals surface area contributed by atoms with Gasteiger partial charge in [0.05, 0.1) is 6.54 Å². The third-order valence-corrected chi connectivity index (χ3v) is 4.50. The Kier molecular flexibility index (Phi) is 6.12. The standard InChI is InChI=1S/C16H18ClN3O2S/c1-3-14(21)18-9-15(22)20-16-19-8-12(23-16)6-11-5-4-10(2)13(17)7-11/h4-5,7-8H,3,6,9H2,1-2H3,(H,18,21)(H,19,20,22). The zero-order chi connectivity index (χ0) is 16.8. The van der Waals surface area contributed by atoms with Crippen LogP contribution in [0.1, 0.15) is 29.3 Å². The van der Waals surface area contributed by atoms with Gasteiger partial charge in [-0.05, 0) is 24.1 Å². The van der Waals surface area contributed by atoms with Gasteiger partial charge >= 0.3 is 0 Å². The molecule has 0 saturated heterocycles. The number of halogens is 1. The molecule has 0 aliphatic heterocycles. The number of aryl methyl sites for hydroxylation is 1. The average molecular weight is 352 g/mol. The van der Waals surface area contributed by atoms with Crippen LogP contribution in [0.25, 0.3) is 0 Å². The lowest BCUT2D eigenvalue weighted by Gasteiger charge is -2.03. The molecule has 1 heterocycles. The predicted molar refractivity (Wildman–Crippen MR) is 93.0 cm³/mol. The van der Waals surface area contributed by atoms with Crippen LogP contribution in [0.15, 0.2) is 24.4 Å². The minimum atomic E-state index is -0.286. The first-order valence-corrected chi connectivity index (χ1v) is 8.43. The number of thiazole rings is 1. The summed E-state index contributed by atoms with van der Waals surface area (Å²) in [7, 11) is 0. The lowest BCUT2D eigenvalue weighted by Crippen LogP contribution is -2.32. The van der Waals surface area contributed by atoms with Crippen LogP contribution in [0.5, 0.6) is 0 Å². The topological polar surface area (TPSA) is 71.1 Å². The number of hydrogen-bond acceptors (Lipinski definition) is 4. The van der Waals surface area contributed by atoms with Crippen LogP contribution in [0.3, 0.4) is 0 Å². The maximum Gasteiger partial charge on any atom is 0.245 e. The molecule has 1 aromatic heterocycles. The molecule has 0 radical (unpaired) electrons. The van der Waals surface area contributed by atoms with Crippen molar-refractivity contribution in [3.63, 3.8) is 0 Å². The summed E-state index contributed by atoms with van der Waals surface area (Å²) in [6, 6.07) is 5.95. The molecule has 2 amide bonds. The summed E-state index contributed by atoms with van der Waals surface area (Å²) in [4.78, 5) is 28.0. The predicted octanol–water partition coefficient (Wildman–Crippen LogP) is 3.16. The second-order valence-electron chi connectivity index (χ2n) is 5.07. The van der Waals surface area contributed by atoms with E-state index in [4.69, 9.17) is 11.6 Å². The highest BCUT2D eigenvalue weighted by molar-refractivity contribution is 7.15. The fourth-order valence-corrected chi connectivity index (χ4v) is 2.93. The van der Waals surface area contributed by atoms with E-state index >= 15 is 0 Å². The van der Waals surface area contributed by atoms with E-state index in [-0.39, 0.29) is 18.4 Å². The molecule has 0 aliphatic rings. The first-order valence-electron chi connectivity index (χ1n) is 7.24. The minimum absolute atomic E-state index is 0.0465. The van der Waals surface area contributed by atoms with Crippen molar-refractivity contribution >= 4 is 39.9 Å². The highest BCUT2D eigenvalue weighted by atomic mass is 35.5. The Morgan fingerprint density at radius 2 is 2.09 bits per heavy atom. The molecule has 0 atom stereocenters. The number of nitrogens with one attached hydrogen (secondary N) is 2. The van der Waals surface area contributed by atoms with E-state index in [1.54, 1.807) is 13.1 Å². The van der Waals surface area contributed by atoms with Crippen LogP contribution in [-0.2, 0) is 16.0 Å². The maximum absolute atomic E-state index is 11.7. The SMILES string of the molecule is CCC(=O)NCC(=O)Nc1ncc(Cc2ccc(C)c(Cl)c2)s1. The lowest BCUT2D eigenvalue weighted by atomic mass is 10.1.